The second kappa shape index (κ2) is 8.14. The lowest BCUT2D eigenvalue weighted by atomic mass is 10.1. The van der Waals surface area contributed by atoms with Gasteiger partial charge in [0.1, 0.15) is 11.6 Å². The monoisotopic (exact) mass is 318 g/mol. The first-order chi connectivity index (χ1) is 11.1. The lowest BCUT2D eigenvalue weighted by Gasteiger charge is -2.17. The average molecular weight is 318 g/mol. The van der Waals surface area contributed by atoms with Crippen LogP contribution in [0.5, 0.6) is 5.75 Å². The normalized spacial score (nSPS) is 11.6. The van der Waals surface area contributed by atoms with Gasteiger partial charge in [0.2, 0.25) is 0 Å². The largest absolute Gasteiger partial charge is 0.497 e. The first-order valence-electron chi connectivity index (χ1n) is 7.17. The molecule has 0 heterocycles. The number of carbonyl (C=O) groups excluding carboxylic acids is 1. The summed E-state index contributed by atoms with van der Waals surface area (Å²) in [4.78, 5) is 12.0. The number of aliphatic hydroxyl groups is 1. The van der Waals surface area contributed by atoms with Gasteiger partial charge in [-0.1, -0.05) is 30.3 Å². The van der Waals surface area contributed by atoms with Crippen LogP contribution in [0.3, 0.4) is 0 Å². The second-order valence-electron chi connectivity index (χ2n) is 5.05. The van der Waals surface area contributed by atoms with E-state index in [1.807, 2.05) is 30.3 Å². The minimum Gasteiger partial charge on any atom is -0.497 e. The molecule has 0 saturated heterocycles. The van der Waals surface area contributed by atoms with E-state index in [0.29, 0.717) is 12.2 Å². The Balaban J connectivity index is 1.96. The van der Waals surface area contributed by atoms with Crippen molar-refractivity contribution in [1.29, 1.82) is 0 Å². The van der Waals surface area contributed by atoms with Crippen LogP contribution in [0.25, 0.3) is 0 Å². The zero-order valence-corrected chi connectivity index (χ0v) is 12.8. The maximum absolute atomic E-state index is 13.4. The molecule has 1 atom stereocenters. The molecule has 0 bridgehead atoms. The quantitative estimate of drug-likeness (QED) is 0.766. The lowest BCUT2D eigenvalue weighted by Crippen LogP contribution is -2.41. The van der Waals surface area contributed by atoms with Gasteiger partial charge in [-0.25, -0.2) is 9.18 Å². The number of carbonyl (C=O) groups is 1. The number of benzene rings is 2. The molecule has 2 amide bonds. The number of halogens is 1. The van der Waals surface area contributed by atoms with E-state index in [0.717, 1.165) is 5.56 Å². The average Bonchev–Trinajstić information content (AvgIpc) is 2.54. The Morgan fingerprint density at radius 1 is 1.26 bits per heavy atom. The zero-order chi connectivity index (χ0) is 16.7. The van der Waals surface area contributed by atoms with Crippen LogP contribution in [0.1, 0.15) is 5.56 Å². The molecule has 122 valence electrons. The number of aliphatic hydroxyl groups excluding tert-OH is 1. The van der Waals surface area contributed by atoms with Crippen LogP contribution in [0.2, 0.25) is 0 Å². The topological polar surface area (TPSA) is 70.6 Å². The molecule has 0 aliphatic rings. The van der Waals surface area contributed by atoms with Crippen LogP contribution in [0.4, 0.5) is 14.9 Å². The van der Waals surface area contributed by atoms with Crippen molar-refractivity contribution in [3.63, 3.8) is 0 Å². The highest BCUT2D eigenvalue weighted by Crippen LogP contribution is 2.19. The van der Waals surface area contributed by atoms with Crippen LogP contribution in [-0.4, -0.2) is 30.9 Å². The predicted octanol–water partition coefficient (Wildman–Crippen LogP) is 2.56. The SMILES string of the molecule is COc1cc(F)cc(NC(=O)N[C@H](CO)Cc2ccccc2)c1. The molecule has 0 aromatic heterocycles. The summed E-state index contributed by atoms with van der Waals surface area (Å²) >= 11 is 0. The molecule has 0 fully saturated rings. The summed E-state index contributed by atoms with van der Waals surface area (Å²) in [7, 11) is 1.42. The molecule has 5 nitrogen and oxygen atoms in total. The highest BCUT2D eigenvalue weighted by molar-refractivity contribution is 5.89. The molecule has 23 heavy (non-hydrogen) atoms. The summed E-state index contributed by atoms with van der Waals surface area (Å²) in [5.74, 6) is -0.203. The third-order valence-corrected chi connectivity index (χ3v) is 3.25. The second-order valence-corrected chi connectivity index (χ2v) is 5.05. The van der Waals surface area contributed by atoms with Crippen LogP contribution >= 0.6 is 0 Å². The maximum Gasteiger partial charge on any atom is 0.319 e. The van der Waals surface area contributed by atoms with Gasteiger partial charge in [-0.05, 0) is 18.1 Å². The van der Waals surface area contributed by atoms with Crippen molar-refractivity contribution in [3.05, 3.63) is 59.9 Å². The minimum absolute atomic E-state index is 0.200. The third kappa shape index (κ3) is 5.27. The van der Waals surface area contributed by atoms with Crippen molar-refractivity contribution in [2.45, 2.75) is 12.5 Å². The van der Waals surface area contributed by atoms with Crippen LogP contribution in [0, 0.1) is 5.82 Å². The van der Waals surface area contributed by atoms with E-state index >= 15 is 0 Å². The predicted molar refractivity (Wildman–Crippen MR) is 86.1 cm³/mol. The number of urea groups is 1. The van der Waals surface area contributed by atoms with E-state index in [4.69, 9.17) is 4.74 Å². The van der Waals surface area contributed by atoms with E-state index in [-0.39, 0.29) is 12.3 Å². The van der Waals surface area contributed by atoms with Gasteiger partial charge < -0.3 is 20.5 Å². The van der Waals surface area contributed by atoms with E-state index in [9.17, 15) is 14.3 Å². The fourth-order valence-electron chi connectivity index (χ4n) is 2.17. The molecule has 0 unspecified atom stereocenters. The molecule has 2 aromatic carbocycles. The molecular formula is C17H19FN2O3. The van der Waals surface area contributed by atoms with Crippen molar-refractivity contribution in [1.82, 2.24) is 5.32 Å². The molecule has 6 heteroatoms. The molecule has 0 aliphatic heterocycles. The summed E-state index contributed by atoms with van der Waals surface area (Å²) in [6, 6.07) is 12.5. The molecular weight excluding hydrogens is 299 g/mol. The summed E-state index contributed by atoms with van der Waals surface area (Å²) in [5.41, 5.74) is 1.27. The van der Waals surface area contributed by atoms with Gasteiger partial charge in [0.25, 0.3) is 0 Å². The highest BCUT2D eigenvalue weighted by Gasteiger charge is 2.13. The number of rotatable bonds is 6. The molecule has 2 rings (SSSR count). The van der Waals surface area contributed by atoms with Crippen LogP contribution in [0.15, 0.2) is 48.5 Å². The molecule has 2 aromatic rings. The van der Waals surface area contributed by atoms with Crippen molar-refractivity contribution in [3.8, 4) is 5.75 Å². The van der Waals surface area contributed by atoms with E-state index < -0.39 is 17.9 Å². The van der Waals surface area contributed by atoms with E-state index in [1.165, 1.54) is 25.3 Å². The van der Waals surface area contributed by atoms with Gasteiger partial charge in [0.05, 0.1) is 19.8 Å². The number of nitrogens with one attached hydrogen (secondary N) is 2. The van der Waals surface area contributed by atoms with Gasteiger partial charge in [-0.15, -0.1) is 0 Å². The van der Waals surface area contributed by atoms with Crippen molar-refractivity contribution < 1.29 is 19.0 Å². The summed E-state index contributed by atoms with van der Waals surface area (Å²) in [6.45, 7) is -0.200. The zero-order valence-electron chi connectivity index (χ0n) is 12.8. The Morgan fingerprint density at radius 3 is 2.65 bits per heavy atom. The fourth-order valence-corrected chi connectivity index (χ4v) is 2.17. The molecule has 0 aliphatic carbocycles. The Labute approximate surface area is 134 Å². The Hall–Kier alpha value is -2.60. The lowest BCUT2D eigenvalue weighted by molar-refractivity contribution is 0.224. The van der Waals surface area contributed by atoms with Gasteiger partial charge in [-0.2, -0.15) is 0 Å². The van der Waals surface area contributed by atoms with Crippen molar-refractivity contribution in [2.24, 2.45) is 0 Å². The maximum atomic E-state index is 13.4. The Kier molecular flexibility index (Phi) is 5.94. The molecule has 0 radical (unpaired) electrons. The summed E-state index contributed by atoms with van der Waals surface area (Å²) in [5, 5.41) is 14.6. The van der Waals surface area contributed by atoms with E-state index in [1.54, 1.807) is 0 Å². The van der Waals surface area contributed by atoms with Crippen molar-refractivity contribution >= 4 is 11.7 Å². The number of ether oxygens (including phenoxy) is 1. The van der Waals surface area contributed by atoms with E-state index in [2.05, 4.69) is 10.6 Å². The molecule has 0 saturated carbocycles. The first kappa shape index (κ1) is 16.8. The Bertz CT molecular complexity index is 650. The van der Waals surface area contributed by atoms with Gasteiger partial charge in [0.15, 0.2) is 0 Å². The van der Waals surface area contributed by atoms with Crippen LogP contribution < -0.4 is 15.4 Å². The highest BCUT2D eigenvalue weighted by atomic mass is 19.1. The number of anilines is 1. The summed E-state index contributed by atoms with van der Waals surface area (Å²) < 4.78 is 18.3. The molecule has 3 N–H and O–H groups in total. The summed E-state index contributed by atoms with van der Waals surface area (Å²) in [6.07, 6.45) is 0.497. The standard InChI is InChI=1S/C17H19FN2O3/c1-23-16-9-13(18)8-14(10-16)19-17(22)20-15(11-21)7-12-5-3-2-4-6-12/h2-6,8-10,15,21H,7,11H2,1H3,(H2,19,20,22)/t15-/m0/s1. The van der Waals surface area contributed by atoms with Crippen LogP contribution in [-0.2, 0) is 6.42 Å². The van der Waals surface area contributed by atoms with Gasteiger partial charge >= 0.3 is 6.03 Å². The minimum atomic E-state index is -0.521. The molecule has 0 spiro atoms. The smallest absolute Gasteiger partial charge is 0.319 e. The van der Waals surface area contributed by atoms with Crippen molar-refractivity contribution in [2.75, 3.05) is 19.0 Å². The number of amides is 2. The number of hydrogen-bond acceptors (Lipinski definition) is 3. The fraction of sp³-hybridized carbons (Fsp3) is 0.235. The Morgan fingerprint density at radius 2 is 2.00 bits per heavy atom. The first-order valence-corrected chi connectivity index (χ1v) is 7.17. The number of hydrogen-bond donors (Lipinski definition) is 3. The third-order valence-electron chi connectivity index (χ3n) is 3.25. The van der Waals surface area contributed by atoms with Gasteiger partial charge in [-0.3, -0.25) is 0 Å². The number of methoxy groups -OCH3 is 1. The van der Waals surface area contributed by atoms with Gasteiger partial charge in [0, 0.05) is 17.8 Å².